The maximum absolute atomic E-state index is 12.3. The molecular weight excluding hydrogens is 402 g/mol. The predicted octanol–water partition coefficient (Wildman–Crippen LogP) is 3.94. The minimum atomic E-state index is -0.595. The van der Waals surface area contributed by atoms with E-state index in [0.29, 0.717) is 29.8 Å². The highest BCUT2D eigenvalue weighted by Gasteiger charge is 2.67. The zero-order valence-electron chi connectivity index (χ0n) is 20.0. The summed E-state index contributed by atoms with van der Waals surface area (Å²) in [6.07, 6.45) is 12.3. The molecule has 1 N–H and O–H groups in total. The minimum Gasteiger partial charge on any atom is -0.458 e. The van der Waals surface area contributed by atoms with E-state index in [2.05, 4.69) is 18.7 Å². The summed E-state index contributed by atoms with van der Waals surface area (Å²) in [6, 6.07) is 0.730. The van der Waals surface area contributed by atoms with Crippen molar-refractivity contribution in [2.24, 2.45) is 34.5 Å². The number of aliphatic hydroxyl groups is 1. The standard InChI is InChI=1S/C27H41NO4/c1-25-8-5-20(28-11-13-31-14-12-28)16-19(25)3-4-23-22(25)6-9-26(2)21(7-10-27(23,26)30)18-15-24(29)32-17-18/h15,19-23,30H,3-14,16-17H2,1-2H3/t19-,20+,21-,22+,23-,25+,26-,27+/m1/s1. The molecule has 6 rings (SSSR count). The van der Waals surface area contributed by atoms with E-state index in [1.54, 1.807) is 6.08 Å². The van der Waals surface area contributed by atoms with Crippen LogP contribution in [0, 0.1) is 34.5 Å². The fourth-order valence-electron chi connectivity index (χ4n) is 9.66. The summed E-state index contributed by atoms with van der Waals surface area (Å²) in [5.41, 5.74) is 0.786. The van der Waals surface area contributed by atoms with Gasteiger partial charge in [0.25, 0.3) is 0 Å². The van der Waals surface area contributed by atoms with E-state index in [4.69, 9.17) is 9.47 Å². The van der Waals surface area contributed by atoms with E-state index in [9.17, 15) is 9.90 Å². The summed E-state index contributed by atoms with van der Waals surface area (Å²) < 4.78 is 10.9. The number of hydrogen-bond donors (Lipinski definition) is 1. The van der Waals surface area contributed by atoms with Crippen molar-refractivity contribution in [3.63, 3.8) is 0 Å². The molecule has 0 aromatic rings. The van der Waals surface area contributed by atoms with Gasteiger partial charge in [-0.05, 0) is 92.4 Å². The van der Waals surface area contributed by atoms with Crippen LogP contribution in [-0.4, -0.2) is 60.5 Å². The third kappa shape index (κ3) is 2.96. The first-order chi connectivity index (χ1) is 15.3. The molecule has 5 fully saturated rings. The molecule has 2 heterocycles. The molecule has 178 valence electrons. The SMILES string of the molecule is C[C@]12CC[C@H](N3CCOCC3)C[C@H]1CC[C@@H]1[C@@H]2CC[C@]2(C)[C@@H](C3=CC(=O)OC3)CC[C@]12O. The lowest BCUT2D eigenvalue weighted by Crippen LogP contribution is -2.63. The molecule has 0 bridgehead atoms. The topological polar surface area (TPSA) is 59.0 Å². The van der Waals surface area contributed by atoms with Gasteiger partial charge in [-0.25, -0.2) is 4.79 Å². The van der Waals surface area contributed by atoms with Crippen molar-refractivity contribution in [3.05, 3.63) is 11.6 Å². The maximum Gasteiger partial charge on any atom is 0.331 e. The Morgan fingerprint density at radius 3 is 2.56 bits per heavy atom. The van der Waals surface area contributed by atoms with Crippen molar-refractivity contribution < 1.29 is 19.4 Å². The molecule has 8 atom stereocenters. The van der Waals surface area contributed by atoms with Gasteiger partial charge in [-0.15, -0.1) is 0 Å². The van der Waals surface area contributed by atoms with Gasteiger partial charge in [0.2, 0.25) is 0 Å². The monoisotopic (exact) mass is 443 g/mol. The van der Waals surface area contributed by atoms with Crippen LogP contribution in [0.4, 0.5) is 0 Å². The molecule has 0 unspecified atom stereocenters. The van der Waals surface area contributed by atoms with Crippen LogP contribution in [0.2, 0.25) is 0 Å². The number of ether oxygens (including phenoxy) is 2. The fraction of sp³-hybridized carbons (Fsp3) is 0.889. The Hall–Kier alpha value is -0.910. The Bertz CT molecular complexity index is 805. The van der Waals surface area contributed by atoms with Crippen molar-refractivity contribution >= 4 is 5.97 Å². The maximum atomic E-state index is 12.3. The number of morpholine rings is 1. The van der Waals surface area contributed by atoms with E-state index in [0.717, 1.165) is 63.1 Å². The molecule has 1 saturated heterocycles. The van der Waals surface area contributed by atoms with Crippen molar-refractivity contribution in [3.8, 4) is 0 Å². The molecular formula is C27H41NO4. The van der Waals surface area contributed by atoms with Crippen LogP contribution in [0.5, 0.6) is 0 Å². The van der Waals surface area contributed by atoms with Gasteiger partial charge in [0, 0.05) is 30.6 Å². The Morgan fingerprint density at radius 1 is 1.00 bits per heavy atom. The normalized spacial score (nSPS) is 51.4. The van der Waals surface area contributed by atoms with Crippen LogP contribution in [0.25, 0.3) is 0 Å². The number of carbonyl (C=O) groups is 1. The number of rotatable bonds is 2. The Labute approximate surface area is 192 Å². The van der Waals surface area contributed by atoms with Crippen molar-refractivity contribution in [2.75, 3.05) is 32.9 Å². The van der Waals surface area contributed by atoms with Crippen LogP contribution in [0.1, 0.15) is 71.6 Å². The molecule has 6 aliphatic rings. The molecule has 0 radical (unpaired) electrons. The number of hydrogen-bond acceptors (Lipinski definition) is 5. The molecule has 4 saturated carbocycles. The first kappa shape index (κ1) is 21.6. The number of cyclic esters (lactones) is 1. The summed E-state index contributed by atoms with van der Waals surface area (Å²) >= 11 is 0. The zero-order chi connectivity index (χ0) is 22.1. The van der Waals surface area contributed by atoms with Gasteiger partial charge >= 0.3 is 5.97 Å². The number of nitrogens with zero attached hydrogens (tertiary/aromatic N) is 1. The largest absolute Gasteiger partial charge is 0.458 e. The van der Waals surface area contributed by atoms with Gasteiger partial charge in [-0.1, -0.05) is 13.8 Å². The zero-order valence-corrected chi connectivity index (χ0v) is 20.0. The van der Waals surface area contributed by atoms with Gasteiger partial charge in [-0.2, -0.15) is 0 Å². The van der Waals surface area contributed by atoms with Gasteiger partial charge in [0.15, 0.2) is 0 Å². The van der Waals surface area contributed by atoms with Gasteiger partial charge < -0.3 is 14.6 Å². The van der Waals surface area contributed by atoms with Crippen LogP contribution < -0.4 is 0 Å². The number of carbonyl (C=O) groups excluding carboxylic acids is 1. The van der Waals surface area contributed by atoms with E-state index in [1.165, 1.54) is 38.5 Å². The molecule has 5 nitrogen and oxygen atoms in total. The van der Waals surface area contributed by atoms with Crippen LogP contribution >= 0.6 is 0 Å². The van der Waals surface area contributed by atoms with Crippen LogP contribution in [0.15, 0.2) is 11.6 Å². The Kier molecular flexibility index (Phi) is 5.10. The molecule has 4 aliphatic carbocycles. The average Bonchev–Trinajstić information content (AvgIpc) is 3.34. The van der Waals surface area contributed by atoms with Gasteiger partial charge in [0.1, 0.15) is 6.61 Å². The summed E-state index contributed by atoms with van der Waals surface area (Å²) in [5, 5.41) is 12.3. The first-order valence-corrected chi connectivity index (χ1v) is 13.3. The highest BCUT2D eigenvalue weighted by Crippen LogP contribution is 2.70. The lowest BCUT2D eigenvalue weighted by atomic mass is 9.43. The highest BCUT2D eigenvalue weighted by atomic mass is 16.5. The third-order valence-electron chi connectivity index (χ3n) is 11.5. The summed E-state index contributed by atoms with van der Waals surface area (Å²) in [4.78, 5) is 14.4. The Morgan fingerprint density at radius 2 is 1.81 bits per heavy atom. The quantitative estimate of drug-likeness (QED) is 0.655. The van der Waals surface area contributed by atoms with Crippen LogP contribution in [0.3, 0.4) is 0 Å². The second kappa shape index (κ2) is 7.55. The van der Waals surface area contributed by atoms with Crippen molar-refractivity contribution in [1.29, 1.82) is 0 Å². The van der Waals surface area contributed by atoms with Gasteiger partial charge in [-0.3, -0.25) is 4.90 Å². The molecule has 0 aromatic carbocycles. The van der Waals surface area contributed by atoms with Crippen molar-refractivity contribution in [1.82, 2.24) is 4.90 Å². The second-order valence-electron chi connectivity index (χ2n) is 12.4. The molecule has 0 aromatic heterocycles. The molecule has 0 spiro atoms. The molecule has 32 heavy (non-hydrogen) atoms. The Balaban J connectivity index is 1.23. The van der Waals surface area contributed by atoms with E-state index >= 15 is 0 Å². The smallest absolute Gasteiger partial charge is 0.331 e. The summed E-state index contributed by atoms with van der Waals surface area (Å²) in [6.45, 7) is 9.32. The van der Waals surface area contributed by atoms with Gasteiger partial charge in [0.05, 0.1) is 18.8 Å². The first-order valence-electron chi connectivity index (χ1n) is 13.3. The van der Waals surface area contributed by atoms with E-state index < -0.39 is 5.60 Å². The highest BCUT2D eigenvalue weighted by molar-refractivity contribution is 5.85. The third-order valence-corrected chi connectivity index (χ3v) is 11.5. The van der Waals surface area contributed by atoms with Crippen molar-refractivity contribution in [2.45, 2.75) is 83.3 Å². The van der Waals surface area contributed by atoms with E-state index in [1.807, 2.05) is 0 Å². The number of fused-ring (bicyclic) bond motifs is 5. The minimum absolute atomic E-state index is 0.123. The fourth-order valence-corrected chi connectivity index (χ4v) is 9.66. The van der Waals surface area contributed by atoms with E-state index in [-0.39, 0.29) is 11.4 Å². The van der Waals surface area contributed by atoms with Crippen LogP contribution in [-0.2, 0) is 14.3 Å². The number of esters is 1. The predicted molar refractivity (Wildman–Crippen MR) is 122 cm³/mol. The lowest BCUT2D eigenvalue weighted by molar-refractivity contribution is -0.207. The summed E-state index contributed by atoms with van der Waals surface area (Å²) in [5.74, 6) is 1.93. The molecule has 0 amide bonds. The lowest BCUT2D eigenvalue weighted by Gasteiger charge is -2.64. The summed E-state index contributed by atoms with van der Waals surface area (Å²) in [7, 11) is 0. The average molecular weight is 444 g/mol. The second-order valence-corrected chi connectivity index (χ2v) is 12.4. The molecule has 2 aliphatic heterocycles. The molecule has 5 heteroatoms.